The first-order valence-corrected chi connectivity index (χ1v) is 14.3. The highest BCUT2D eigenvalue weighted by Crippen LogP contribution is 2.29. The fourth-order valence-corrected chi connectivity index (χ4v) is 5.13. The third-order valence-electron chi connectivity index (χ3n) is 7.18. The summed E-state index contributed by atoms with van der Waals surface area (Å²) in [5.41, 5.74) is 1.67. The summed E-state index contributed by atoms with van der Waals surface area (Å²) >= 11 is 0. The normalized spacial score (nSPS) is 10.7. The first kappa shape index (κ1) is 29.1. The van der Waals surface area contributed by atoms with Crippen molar-refractivity contribution >= 4 is 44.7 Å². The van der Waals surface area contributed by atoms with Crippen LogP contribution in [0, 0.1) is 0 Å². The minimum atomic E-state index is -0.190. The number of ether oxygens (including phenoxy) is 2. The predicted molar refractivity (Wildman–Crippen MR) is 175 cm³/mol. The van der Waals surface area contributed by atoms with E-state index in [9.17, 15) is 9.59 Å². The third kappa shape index (κ3) is 6.93. The van der Waals surface area contributed by atoms with E-state index in [1.807, 2.05) is 109 Å². The fourth-order valence-electron chi connectivity index (χ4n) is 5.13. The van der Waals surface area contributed by atoms with E-state index in [2.05, 4.69) is 13.2 Å². The van der Waals surface area contributed by atoms with Crippen LogP contribution in [0.2, 0.25) is 0 Å². The molecule has 0 aliphatic carbocycles. The Hall–Kier alpha value is -5.36. The number of rotatable bonds is 13. The highest BCUT2D eigenvalue weighted by Gasteiger charge is 2.17. The van der Waals surface area contributed by atoms with Crippen molar-refractivity contribution in [3.63, 3.8) is 0 Å². The second-order valence-electron chi connectivity index (χ2n) is 9.91. The van der Waals surface area contributed by atoms with Crippen molar-refractivity contribution in [2.75, 3.05) is 36.1 Å². The zero-order chi connectivity index (χ0) is 30.0. The molecule has 0 saturated carbocycles. The molecule has 0 aliphatic heterocycles. The molecule has 0 unspecified atom stereocenters. The van der Waals surface area contributed by atoms with Crippen LogP contribution in [0.1, 0.15) is 6.42 Å². The number of hydrogen-bond donors (Lipinski definition) is 0. The Labute approximate surface area is 252 Å². The Morgan fingerprint density at radius 1 is 0.581 bits per heavy atom. The Bertz CT molecular complexity index is 1750. The summed E-state index contributed by atoms with van der Waals surface area (Å²) in [5, 5.41) is 4.13. The summed E-state index contributed by atoms with van der Waals surface area (Å²) < 4.78 is 12.0. The summed E-state index contributed by atoms with van der Waals surface area (Å²) in [6.07, 6.45) is 3.28. The van der Waals surface area contributed by atoms with Gasteiger partial charge in [-0.05, 0) is 53.6 Å². The first-order chi connectivity index (χ1) is 21.1. The van der Waals surface area contributed by atoms with Crippen molar-refractivity contribution in [2.24, 2.45) is 0 Å². The molecule has 0 radical (unpaired) electrons. The van der Waals surface area contributed by atoms with E-state index in [-0.39, 0.29) is 18.4 Å². The van der Waals surface area contributed by atoms with Crippen LogP contribution in [0.3, 0.4) is 0 Å². The number of fused-ring (bicyclic) bond motifs is 2. The van der Waals surface area contributed by atoms with Crippen molar-refractivity contribution < 1.29 is 19.1 Å². The van der Waals surface area contributed by atoms with Gasteiger partial charge in [0.05, 0.1) is 24.5 Å². The number of hydrogen-bond acceptors (Lipinski definition) is 4. The van der Waals surface area contributed by atoms with E-state index < -0.39 is 0 Å². The Balaban J connectivity index is 1.18. The molecule has 0 fully saturated rings. The van der Waals surface area contributed by atoms with Crippen molar-refractivity contribution in [3.8, 4) is 11.5 Å². The van der Waals surface area contributed by atoms with Crippen LogP contribution in [0.15, 0.2) is 135 Å². The molecular weight excluding hydrogens is 536 g/mol. The highest BCUT2D eigenvalue weighted by atomic mass is 16.5. The number of carbonyl (C=O) groups is 2. The molecule has 5 aromatic carbocycles. The Morgan fingerprint density at radius 3 is 1.60 bits per heavy atom. The molecule has 216 valence electrons. The number of benzene rings is 5. The maximum absolute atomic E-state index is 12.8. The number of carbonyl (C=O) groups excluding carboxylic acids is 2. The van der Waals surface area contributed by atoms with Crippen LogP contribution < -0.4 is 19.3 Å². The smallest absolute Gasteiger partial charge is 0.250 e. The van der Waals surface area contributed by atoms with E-state index in [4.69, 9.17) is 9.47 Å². The van der Waals surface area contributed by atoms with Crippen LogP contribution in [-0.2, 0) is 9.59 Å². The second kappa shape index (κ2) is 14.0. The molecule has 0 heterocycles. The zero-order valence-electron chi connectivity index (χ0n) is 24.0. The highest BCUT2D eigenvalue weighted by molar-refractivity contribution is 6.08. The van der Waals surface area contributed by atoms with Crippen LogP contribution in [0.5, 0.6) is 11.5 Å². The Kier molecular flexibility index (Phi) is 9.49. The van der Waals surface area contributed by atoms with Crippen molar-refractivity contribution in [2.45, 2.75) is 6.42 Å². The molecule has 5 rings (SSSR count). The lowest BCUT2D eigenvalue weighted by molar-refractivity contribution is -0.115. The molecule has 0 aliphatic rings. The minimum absolute atomic E-state index is 0.153. The number of amides is 2. The predicted octanol–water partition coefficient (Wildman–Crippen LogP) is 7.58. The maximum Gasteiger partial charge on any atom is 0.250 e. The zero-order valence-corrected chi connectivity index (χ0v) is 24.0. The van der Waals surface area contributed by atoms with E-state index in [1.165, 1.54) is 12.2 Å². The lowest BCUT2D eigenvalue weighted by Crippen LogP contribution is -2.33. The molecule has 0 N–H and O–H groups in total. The van der Waals surface area contributed by atoms with Gasteiger partial charge < -0.3 is 19.3 Å². The standard InChI is InChI=1S/C37H34N2O4/c1-3-36(40)38(34-21-9-15-28-13-5-7-19-32(28)34)23-12-25-42-30-17-11-18-31(27-30)43-26-24-39(37(41)4-2)35-22-10-16-29-14-6-8-20-33(29)35/h3-11,13-22,27H,1-2,12,23-26H2. The molecule has 6 heteroatoms. The lowest BCUT2D eigenvalue weighted by Gasteiger charge is -2.23. The molecule has 0 bridgehead atoms. The molecule has 0 aromatic heterocycles. The van der Waals surface area contributed by atoms with E-state index in [0.717, 1.165) is 32.9 Å². The van der Waals surface area contributed by atoms with Crippen molar-refractivity contribution in [3.05, 3.63) is 135 Å². The summed E-state index contributed by atoms with van der Waals surface area (Å²) in [7, 11) is 0. The van der Waals surface area contributed by atoms with Crippen molar-refractivity contribution in [1.29, 1.82) is 0 Å². The van der Waals surface area contributed by atoms with Gasteiger partial charge in [0.25, 0.3) is 5.91 Å². The van der Waals surface area contributed by atoms with Crippen LogP contribution in [-0.4, -0.2) is 38.1 Å². The van der Waals surface area contributed by atoms with Gasteiger partial charge in [-0.2, -0.15) is 0 Å². The van der Waals surface area contributed by atoms with Gasteiger partial charge >= 0.3 is 0 Å². The van der Waals surface area contributed by atoms with Crippen LogP contribution in [0.4, 0.5) is 11.4 Å². The fraction of sp³-hybridized carbons (Fsp3) is 0.135. The topological polar surface area (TPSA) is 59.1 Å². The molecule has 0 atom stereocenters. The quantitative estimate of drug-likeness (QED) is 0.108. The van der Waals surface area contributed by atoms with E-state index in [0.29, 0.717) is 37.6 Å². The first-order valence-electron chi connectivity index (χ1n) is 14.3. The van der Waals surface area contributed by atoms with Gasteiger partial charge in [-0.1, -0.05) is 92.0 Å². The van der Waals surface area contributed by atoms with Gasteiger partial charge in [0.2, 0.25) is 5.91 Å². The van der Waals surface area contributed by atoms with Gasteiger partial charge in [-0.15, -0.1) is 0 Å². The largest absolute Gasteiger partial charge is 0.493 e. The van der Waals surface area contributed by atoms with Gasteiger partial charge in [-0.25, -0.2) is 0 Å². The summed E-state index contributed by atoms with van der Waals surface area (Å²) in [5.74, 6) is 0.960. The average Bonchev–Trinajstić information content (AvgIpc) is 3.06. The molecule has 6 nitrogen and oxygen atoms in total. The molecule has 43 heavy (non-hydrogen) atoms. The lowest BCUT2D eigenvalue weighted by atomic mass is 10.1. The van der Waals surface area contributed by atoms with E-state index >= 15 is 0 Å². The van der Waals surface area contributed by atoms with Gasteiger partial charge in [-0.3, -0.25) is 9.59 Å². The Morgan fingerprint density at radius 2 is 1.05 bits per heavy atom. The molecular formula is C37H34N2O4. The molecule has 0 saturated heterocycles. The van der Waals surface area contributed by atoms with Crippen LogP contribution in [0.25, 0.3) is 21.5 Å². The molecule has 0 spiro atoms. The third-order valence-corrected chi connectivity index (χ3v) is 7.18. The number of nitrogens with zero attached hydrogens (tertiary/aromatic N) is 2. The summed E-state index contributed by atoms with van der Waals surface area (Å²) in [6.45, 7) is 8.91. The van der Waals surface area contributed by atoms with Gasteiger partial charge in [0.1, 0.15) is 18.1 Å². The number of anilines is 2. The summed E-state index contributed by atoms with van der Waals surface area (Å²) in [4.78, 5) is 28.9. The van der Waals surface area contributed by atoms with Crippen molar-refractivity contribution in [1.82, 2.24) is 0 Å². The second-order valence-corrected chi connectivity index (χ2v) is 9.91. The SMILES string of the molecule is C=CC(=O)N(CCCOc1cccc(OCCN(C(=O)C=C)c2cccc3ccccc23)c1)c1cccc2ccccc12. The molecule has 5 aromatic rings. The average molecular weight is 571 g/mol. The van der Waals surface area contributed by atoms with Gasteiger partial charge in [0, 0.05) is 23.4 Å². The summed E-state index contributed by atoms with van der Waals surface area (Å²) in [6, 6.07) is 35.2. The van der Waals surface area contributed by atoms with Gasteiger partial charge in [0.15, 0.2) is 0 Å². The van der Waals surface area contributed by atoms with E-state index in [1.54, 1.807) is 9.80 Å². The van der Waals surface area contributed by atoms with Crippen LogP contribution >= 0.6 is 0 Å². The molecule has 2 amide bonds. The minimum Gasteiger partial charge on any atom is -0.493 e. The maximum atomic E-state index is 12.8. The monoisotopic (exact) mass is 570 g/mol.